The number of ether oxygens (including phenoxy) is 1. The molecule has 0 aliphatic carbocycles. The lowest BCUT2D eigenvalue weighted by Gasteiger charge is -2.26. The number of nitrogens with zero attached hydrogens (tertiary/aromatic N) is 1. The average molecular weight is 335 g/mol. The molecular formula is C20H33NO3. The van der Waals surface area contributed by atoms with Crippen LogP contribution in [-0.4, -0.2) is 42.2 Å². The molecule has 0 unspecified atom stereocenters. The quantitative estimate of drug-likeness (QED) is 0.483. The Morgan fingerprint density at radius 1 is 1.00 bits per heavy atom. The Balaban J connectivity index is 2.18. The van der Waals surface area contributed by atoms with E-state index in [1.807, 2.05) is 0 Å². The second-order valence-electron chi connectivity index (χ2n) is 7.29. The lowest BCUT2D eigenvalue weighted by molar-refractivity contribution is 0.0496. The standard InChI is InChI=1S/C20H33NO3/c1-16(2)14-21(15-17(3)4)12-6-5-7-13-24-20(23)18-8-10-19(22)11-9-18/h8-11,16-17,22H,5-7,12-15H2,1-4H3. The largest absolute Gasteiger partial charge is 0.508 e. The first-order valence-corrected chi connectivity index (χ1v) is 9.07. The van der Waals surface area contributed by atoms with E-state index in [0.29, 0.717) is 24.0 Å². The van der Waals surface area contributed by atoms with Gasteiger partial charge in [0, 0.05) is 13.1 Å². The van der Waals surface area contributed by atoms with Crippen molar-refractivity contribution in [1.82, 2.24) is 4.90 Å². The van der Waals surface area contributed by atoms with E-state index in [1.165, 1.54) is 12.1 Å². The Bertz CT molecular complexity index is 458. The molecule has 0 radical (unpaired) electrons. The van der Waals surface area contributed by atoms with Gasteiger partial charge in [0.15, 0.2) is 0 Å². The van der Waals surface area contributed by atoms with Gasteiger partial charge in [-0.05, 0) is 61.9 Å². The molecule has 4 heteroatoms. The summed E-state index contributed by atoms with van der Waals surface area (Å²) in [5.74, 6) is 1.21. The fourth-order valence-corrected chi connectivity index (χ4v) is 2.75. The minimum Gasteiger partial charge on any atom is -0.508 e. The van der Waals surface area contributed by atoms with Gasteiger partial charge in [0.05, 0.1) is 12.2 Å². The van der Waals surface area contributed by atoms with E-state index in [0.717, 1.165) is 38.9 Å². The summed E-state index contributed by atoms with van der Waals surface area (Å²) in [7, 11) is 0. The lowest BCUT2D eigenvalue weighted by Crippen LogP contribution is -2.32. The summed E-state index contributed by atoms with van der Waals surface area (Å²) in [6, 6.07) is 6.14. The van der Waals surface area contributed by atoms with Gasteiger partial charge in [0.2, 0.25) is 0 Å². The Kier molecular flexibility index (Phi) is 9.46. The van der Waals surface area contributed by atoms with Gasteiger partial charge >= 0.3 is 5.97 Å². The van der Waals surface area contributed by atoms with E-state index < -0.39 is 0 Å². The third-order valence-corrected chi connectivity index (χ3v) is 3.70. The zero-order chi connectivity index (χ0) is 17.9. The molecule has 0 aliphatic rings. The summed E-state index contributed by atoms with van der Waals surface area (Å²) in [6.07, 6.45) is 3.09. The minimum atomic E-state index is -0.323. The average Bonchev–Trinajstić information content (AvgIpc) is 2.49. The van der Waals surface area contributed by atoms with Crippen LogP contribution in [0.1, 0.15) is 57.3 Å². The summed E-state index contributed by atoms with van der Waals surface area (Å²) in [5.41, 5.74) is 0.479. The van der Waals surface area contributed by atoms with Crippen LogP contribution in [-0.2, 0) is 4.74 Å². The van der Waals surface area contributed by atoms with Crippen molar-refractivity contribution in [3.63, 3.8) is 0 Å². The van der Waals surface area contributed by atoms with Crippen molar-refractivity contribution in [1.29, 1.82) is 0 Å². The number of esters is 1. The summed E-state index contributed by atoms with van der Waals surface area (Å²) < 4.78 is 5.27. The summed E-state index contributed by atoms with van der Waals surface area (Å²) >= 11 is 0. The molecule has 0 aromatic heterocycles. The van der Waals surface area contributed by atoms with Crippen molar-refractivity contribution < 1.29 is 14.6 Å². The molecular weight excluding hydrogens is 302 g/mol. The second kappa shape index (κ2) is 11.1. The Hall–Kier alpha value is -1.55. The number of phenols is 1. The van der Waals surface area contributed by atoms with Crippen molar-refractivity contribution in [3.05, 3.63) is 29.8 Å². The molecule has 0 saturated carbocycles. The summed E-state index contributed by atoms with van der Waals surface area (Å²) in [4.78, 5) is 14.4. The molecule has 24 heavy (non-hydrogen) atoms. The summed E-state index contributed by atoms with van der Waals surface area (Å²) in [6.45, 7) is 12.9. The molecule has 0 heterocycles. The maximum Gasteiger partial charge on any atom is 0.338 e. The Morgan fingerprint density at radius 3 is 2.12 bits per heavy atom. The number of benzene rings is 1. The van der Waals surface area contributed by atoms with Crippen LogP contribution in [0.15, 0.2) is 24.3 Å². The Morgan fingerprint density at radius 2 is 1.58 bits per heavy atom. The number of carbonyl (C=O) groups is 1. The van der Waals surface area contributed by atoms with Crippen molar-refractivity contribution in [2.45, 2.75) is 47.0 Å². The second-order valence-corrected chi connectivity index (χ2v) is 7.29. The zero-order valence-corrected chi connectivity index (χ0v) is 15.6. The fraction of sp³-hybridized carbons (Fsp3) is 0.650. The third-order valence-electron chi connectivity index (χ3n) is 3.70. The molecule has 0 spiro atoms. The van der Waals surface area contributed by atoms with Gasteiger partial charge in [-0.25, -0.2) is 4.79 Å². The first-order valence-electron chi connectivity index (χ1n) is 9.07. The van der Waals surface area contributed by atoms with E-state index in [2.05, 4.69) is 32.6 Å². The van der Waals surface area contributed by atoms with E-state index >= 15 is 0 Å². The highest BCUT2D eigenvalue weighted by molar-refractivity contribution is 5.89. The van der Waals surface area contributed by atoms with Gasteiger partial charge in [0.1, 0.15) is 5.75 Å². The van der Waals surface area contributed by atoms with Crippen molar-refractivity contribution in [2.75, 3.05) is 26.2 Å². The first kappa shape index (κ1) is 20.5. The molecule has 1 N–H and O–H groups in total. The molecule has 0 bridgehead atoms. The highest BCUT2D eigenvalue weighted by Gasteiger charge is 2.09. The van der Waals surface area contributed by atoms with Crippen LogP contribution in [0.5, 0.6) is 5.75 Å². The van der Waals surface area contributed by atoms with Crippen molar-refractivity contribution in [3.8, 4) is 5.75 Å². The number of hydrogen-bond acceptors (Lipinski definition) is 4. The van der Waals surface area contributed by atoms with Crippen LogP contribution in [0.25, 0.3) is 0 Å². The van der Waals surface area contributed by atoms with Crippen LogP contribution in [0.4, 0.5) is 0 Å². The van der Waals surface area contributed by atoms with Crippen LogP contribution in [0, 0.1) is 11.8 Å². The molecule has 4 nitrogen and oxygen atoms in total. The molecule has 1 rings (SSSR count). The molecule has 0 atom stereocenters. The van der Waals surface area contributed by atoms with E-state index in [4.69, 9.17) is 4.74 Å². The topological polar surface area (TPSA) is 49.8 Å². The minimum absolute atomic E-state index is 0.152. The number of unbranched alkanes of at least 4 members (excludes halogenated alkanes) is 2. The maximum atomic E-state index is 11.8. The van der Waals surface area contributed by atoms with Gasteiger partial charge in [-0.1, -0.05) is 27.7 Å². The van der Waals surface area contributed by atoms with Crippen molar-refractivity contribution in [2.24, 2.45) is 11.8 Å². The smallest absolute Gasteiger partial charge is 0.338 e. The van der Waals surface area contributed by atoms with Crippen LogP contribution >= 0.6 is 0 Å². The fourth-order valence-electron chi connectivity index (χ4n) is 2.75. The van der Waals surface area contributed by atoms with Gasteiger partial charge in [0.25, 0.3) is 0 Å². The van der Waals surface area contributed by atoms with Gasteiger partial charge in [-0.3, -0.25) is 0 Å². The predicted octanol–water partition coefficient (Wildman–Crippen LogP) is 4.33. The molecule has 0 aliphatic heterocycles. The Labute approximate surface area is 146 Å². The normalized spacial score (nSPS) is 11.5. The SMILES string of the molecule is CC(C)CN(CCCCCOC(=O)c1ccc(O)cc1)CC(C)C. The molecule has 1 aromatic carbocycles. The van der Waals surface area contributed by atoms with E-state index in [1.54, 1.807) is 12.1 Å². The number of aromatic hydroxyl groups is 1. The van der Waals surface area contributed by atoms with Crippen molar-refractivity contribution >= 4 is 5.97 Å². The lowest BCUT2D eigenvalue weighted by atomic mass is 10.1. The zero-order valence-electron chi connectivity index (χ0n) is 15.6. The predicted molar refractivity (Wildman–Crippen MR) is 98.4 cm³/mol. The molecule has 136 valence electrons. The van der Waals surface area contributed by atoms with Crippen LogP contribution in [0.2, 0.25) is 0 Å². The number of hydrogen-bond donors (Lipinski definition) is 1. The molecule has 0 amide bonds. The van der Waals surface area contributed by atoms with E-state index in [-0.39, 0.29) is 11.7 Å². The van der Waals surface area contributed by atoms with Gasteiger partial charge in [-0.15, -0.1) is 0 Å². The van der Waals surface area contributed by atoms with Crippen LogP contribution < -0.4 is 0 Å². The molecule has 1 aromatic rings. The molecule has 0 fully saturated rings. The van der Waals surface area contributed by atoms with Crippen LogP contribution in [0.3, 0.4) is 0 Å². The van der Waals surface area contributed by atoms with E-state index in [9.17, 15) is 9.90 Å². The van der Waals surface area contributed by atoms with Gasteiger partial charge < -0.3 is 14.7 Å². The number of phenolic OH excluding ortho intramolecular Hbond substituents is 1. The number of carbonyl (C=O) groups excluding carboxylic acids is 1. The third kappa shape index (κ3) is 8.92. The van der Waals surface area contributed by atoms with Gasteiger partial charge in [-0.2, -0.15) is 0 Å². The first-order chi connectivity index (χ1) is 11.4. The highest BCUT2D eigenvalue weighted by atomic mass is 16.5. The summed E-state index contributed by atoms with van der Waals surface area (Å²) in [5, 5.41) is 9.21. The monoisotopic (exact) mass is 335 g/mol. The molecule has 0 saturated heterocycles. The highest BCUT2D eigenvalue weighted by Crippen LogP contribution is 2.11. The maximum absolute atomic E-state index is 11.8. The number of rotatable bonds is 11.